The second-order valence-electron chi connectivity index (χ2n) is 6.59. The molecule has 0 saturated heterocycles. The first kappa shape index (κ1) is 18.8. The van der Waals surface area contributed by atoms with Gasteiger partial charge in [-0.25, -0.2) is 0 Å². The van der Waals surface area contributed by atoms with Crippen LogP contribution in [-0.4, -0.2) is 10.7 Å². The summed E-state index contributed by atoms with van der Waals surface area (Å²) in [4.78, 5) is 7.03. The molecular weight excluding hydrogens is 358 g/mol. The molecule has 5 heteroatoms. The van der Waals surface area contributed by atoms with Gasteiger partial charge in [-0.05, 0) is 55.7 Å². The highest BCUT2D eigenvalue weighted by Crippen LogP contribution is 2.38. The minimum Gasteiger partial charge on any atom is -0.402 e. The molecule has 3 aromatic rings. The van der Waals surface area contributed by atoms with Crippen molar-refractivity contribution in [3.05, 3.63) is 52.8 Å². The Bertz CT molecular complexity index is 898. The van der Waals surface area contributed by atoms with E-state index in [0.717, 1.165) is 5.56 Å². The number of aromatic nitrogens is 1. The van der Waals surface area contributed by atoms with Gasteiger partial charge in [0.25, 0.3) is 0 Å². The minimum absolute atomic E-state index is 0.347. The maximum Gasteiger partial charge on any atom is 0.0886 e. The molecular formula is C21H25N3S2. The molecule has 26 heavy (non-hydrogen) atoms. The summed E-state index contributed by atoms with van der Waals surface area (Å²) in [6.07, 6.45) is 9.85. The Morgan fingerprint density at radius 3 is 2.69 bits per heavy atom. The van der Waals surface area contributed by atoms with Gasteiger partial charge in [0.1, 0.15) is 0 Å². The lowest BCUT2D eigenvalue weighted by Crippen LogP contribution is -2.02. The number of nitrogens with one attached hydrogen (secondary N) is 1. The number of nitrogens with two attached hydrogens (primary N) is 1. The van der Waals surface area contributed by atoms with Crippen LogP contribution < -0.4 is 5.73 Å². The van der Waals surface area contributed by atoms with Crippen molar-refractivity contribution in [3.63, 3.8) is 0 Å². The zero-order valence-corrected chi connectivity index (χ0v) is 17.0. The fourth-order valence-electron chi connectivity index (χ4n) is 2.91. The SMILES string of the molecule is CCCCCCc1cc2sc(-c3ccnc(C(=N)C=C(C)N)c3)cc2s1. The van der Waals surface area contributed by atoms with Gasteiger partial charge < -0.3 is 5.73 Å². The average Bonchev–Trinajstić information content (AvgIpc) is 3.17. The smallest absolute Gasteiger partial charge is 0.0886 e. The maximum absolute atomic E-state index is 8.11. The van der Waals surface area contributed by atoms with Crippen LogP contribution in [0.2, 0.25) is 0 Å². The van der Waals surface area contributed by atoms with E-state index in [-0.39, 0.29) is 0 Å². The summed E-state index contributed by atoms with van der Waals surface area (Å²) in [6, 6.07) is 8.61. The molecule has 0 aliphatic rings. The first-order chi connectivity index (χ1) is 12.6. The van der Waals surface area contributed by atoms with Crippen molar-refractivity contribution < 1.29 is 0 Å². The molecule has 3 heterocycles. The molecule has 0 spiro atoms. The molecule has 0 aliphatic heterocycles. The molecule has 3 N–H and O–H groups in total. The largest absolute Gasteiger partial charge is 0.402 e. The molecule has 3 nitrogen and oxygen atoms in total. The number of nitrogens with zero attached hydrogens (tertiary/aromatic N) is 1. The Hall–Kier alpha value is -1.98. The van der Waals surface area contributed by atoms with Crippen LogP contribution in [0.3, 0.4) is 0 Å². The lowest BCUT2D eigenvalue weighted by Gasteiger charge is -2.02. The summed E-state index contributed by atoms with van der Waals surface area (Å²) in [5.41, 5.74) is 8.41. The fraction of sp³-hybridized carbons (Fsp3) is 0.333. The number of rotatable bonds is 8. The van der Waals surface area contributed by atoms with Crippen LogP contribution in [0, 0.1) is 5.41 Å². The molecule has 3 aromatic heterocycles. The molecule has 136 valence electrons. The van der Waals surface area contributed by atoms with Gasteiger partial charge in [0.15, 0.2) is 0 Å². The van der Waals surface area contributed by atoms with Gasteiger partial charge in [-0.2, -0.15) is 0 Å². The zero-order valence-electron chi connectivity index (χ0n) is 15.3. The van der Waals surface area contributed by atoms with Crippen LogP contribution in [0.25, 0.3) is 19.8 Å². The molecule has 0 fully saturated rings. The molecule has 0 amide bonds. The van der Waals surface area contributed by atoms with Crippen molar-refractivity contribution in [1.82, 2.24) is 4.98 Å². The molecule has 3 rings (SSSR count). The fourth-order valence-corrected chi connectivity index (χ4v) is 5.37. The molecule has 0 aliphatic carbocycles. The number of pyridine rings is 1. The molecule has 0 saturated carbocycles. The maximum atomic E-state index is 8.11. The Morgan fingerprint density at radius 1 is 1.15 bits per heavy atom. The number of unbranched alkanes of at least 4 members (excludes halogenated alkanes) is 3. The number of fused-ring (bicyclic) bond motifs is 1. The van der Waals surface area contributed by atoms with Crippen molar-refractivity contribution in [3.8, 4) is 10.4 Å². The highest BCUT2D eigenvalue weighted by atomic mass is 32.1. The van der Waals surface area contributed by atoms with Crippen LogP contribution in [0.15, 0.2) is 42.2 Å². The standard InChI is InChI=1S/C21H25N3S2/c1-3-4-5-6-7-16-12-20-21(25-16)13-19(26-20)15-8-9-24-18(11-15)17(23)10-14(2)22/h8-13,23H,3-7,22H2,1-2H3. The minimum atomic E-state index is 0.347. The third-order valence-corrected chi connectivity index (χ3v) is 6.63. The molecule has 0 radical (unpaired) electrons. The van der Waals surface area contributed by atoms with Gasteiger partial charge in [0.2, 0.25) is 0 Å². The molecule has 0 aromatic carbocycles. The van der Waals surface area contributed by atoms with Crippen LogP contribution in [0.1, 0.15) is 50.1 Å². The Morgan fingerprint density at radius 2 is 1.96 bits per heavy atom. The van der Waals surface area contributed by atoms with E-state index in [1.54, 1.807) is 19.2 Å². The summed E-state index contributed by atoms with van der Waals surface area (Å²) >= 11 is 3.74. The zero-order chi connectivity index (χ0) is 18.5. The Balaban J connectivity index is 1.77. The number of hydrogen-bond acceptors (Lipinski definition) is 5. The van der Waals surface area contributed by atoms with Gasteiger partial charge in [-0.3, -0.25) is 10.4 Å². The van der Waals surface area contributed by atoms with Crippen molar-refractivity contribution in [1.29, 1.82) is 5.41 Å². The second-order valence-corrected chi connectivity index (χ2v) is 8.85. The number of aryl methyl sites for hydroxylation is 1. The van der Waals surface area contributed by atoms with Crippen molar-refractivity contribution >= 4 is 37.8 Å². The van der Waals surface area contributed by atoms with Crippen molar-refractivity contribution in [2.75, 3.05) is 0 Å². The monoisotopic (exact) mass is 383 g/mol. The van der Waals surface area contributed by atoms with Crippen LogP contribution in [-0.2, 0) is 6.42 Å². The molecule has 0 atom stereocenters. The van der Waals surface area contributed by atoms with E-state index in [2.05, 4.69) is 24.0 Å². The number of allylic oxidation sites excluding steroid dienone is 2. The van der Waals surface area contributed by atoms with Gasteiger partial charge in [-0.1, -0.05) is 26.2 Å². The van der Waals surface area contributed by atoms with Gasteiger partial charge in [0.05, 0.1) is 11.4 Å². The second kappa shape index (κ2) is 8.60. The quantitative estimate of drug-likeness (QED) is 0.350. The van der Waals surface area contributed by atoms with Gasteiger partial charge >= 0.3 is 0 Å². The van der Waals surface area contributed by atoms with Crippen LogP contribution in [0.4, 0.5) is 0 Å². The van der Waals surface area contributed by atoms with E-state index < -0.39 is 0 Å². The summed E-state index contributed by atoms with van der Waals surface area (Å²) < 4.78 is 2.73. The summed E-state index contributed by atoms with van der Waals surface area (Å²) in [5, 5.41) is 8.11. The van der Waals surface area contributed by atoms with Crippen molar-refractivity contribution in [2.24, 2.45) is 5.73 Å². The molecule has 0 unspecified atom stereocenters. The lowest BCUT2D eigenvalue weighted by atomic mass is 10.1. The number of hydrogen-bond donors (Lipinski definition) is 2. The van der Waals surface area contributed by atoms with E-state index in [9.17, 15) is 0 Å². The summed E-state index contributed by atoms with van der Waals surface area (Å²) in [6.45, 7) is 4.04. The summed E-state index contributed by atoms with van der Waals surface area (Å²) in [7, 11) is 0. The molecule has 0 bridgehead atoms. The Labute approximate surface area is 163 Å². The van der Waals surface area contributed by atoms with Crippen LogP contribution >= 0.6 is 22.7 Å². The van der Waals surface area contributed by atoms with E-state index >= 15 is 0 Å². The van der Waals surface area contributed by atoms with Crippen molar-refractivity contribution in [2.45, 2.75) is 46.0 Å². The van der Waals surface area contributed by atoms with E-state index in [4.69, 9.17) is 11.1 Å². The Kier molecular flexibility index (Phi) is 6.22. The topological polar surface area (TPSA) is 62.8 Å². The van der Waals surface area contributed by atoms with Crippen LogP contribution in [0.5, 0.6) is 0 Å². The summed E-state index contributed by atoms with van der Waals surface area (Å²) in [5.74, 6) is 0. The first-order valence-corrected chi connectivity index (χ1v) is 10.7. The number of thiophene rings is 2. The van der Waals surface area contributed by atoms with E-state index in [1.807, 2.05) is 34.8 Å². The van der Waals surface area contributed by atoms with E-state index in [0.29, 0.717) is 17.1 Å². The van der Waals surface area contributed by atoms with E-state index in [1.165, 1.54) is 51.3 Å². The lowest BCUT2D eigenvalue weighted by molar-refractivity contribution is 0.670. The third kappa shape index (κ3) is 4.59. The normalized spacial score (nSPS) is 12.0. The first-order valence-electron chi connectivity index (χ1n) is 9.08. The van der Waals surface area contributed by atoms with Gasteiger partial charge in [0, 0.05) is 31.0 Å². The third-order valence-electron chi connectivity index (χ3n) is 4.23. The highest BCUT2D eigenvalue weighted by Gasteiger charge is 2.10. The highest BCUT2D eigenvalue weighted by molar-refractivity contribution is 7.29. The predicted molar refractivity (Wildman–Crippen MR) is 116 cm³/mol. The average molecular weight is 384 g/mol. The van der Waals surface area contributed by atoms with Gasteiger partial charge in [-0.15, -0.1) is 22.7 Å². The predicted octanol–water partition coefficient (Wildman–Crippen LogP) is 6.38.